The molecule has 0 bridgehead atoms. The van der Waals surface area contributed by atoms with Crippen LogP contribution in [-0.2, 0) is 13.1 Å². The first-order valence-corrected chi connectivity index (χ1v) is 6.80. The van der Waals surface area contributed by atoms with Crippen LogP contribution in [0, 0.1) is 0 Å². The van der Waals surface area contributed by atoms with Gasteiger partial charge in [0.15, 0.2) is 0 Å². The van der Waals surface area contributed by atoms with Gasteiger partial charge in [-0.1, -0.05) is 24.3 Å². The van der Waals surface area contributed by atoms with Crippen LogP contribution in [0.2, 0.25) is 0 Å². The first-order chi connectivity index (χ1) is 8.92. The van der Waals surface area contributed by atoms with Crippen molar-refractivity contribution in [1.29, 1.82) is 0 Å². The Bertz CT molecular complexity index is 695. The van der Waals surface area contributed by atoms with E-state index in [1.54, 1.807) is 17.7 Å². The lowest BCUT2D eigenvalue weighted by Gasteiger charge is -2.16. The number of thiophene rings is 1. The van der Waals surface area contributed by atoms with E-state index in [4.69, 9.17) is 0 Å². The van der Waals surface area contributed by atoms with E-state index in [-0.39, 0.29) is 0 Å². The Hall–Kier alpha value is -1.94. The summed E-state index contributed by atoms with van der Waals surface area (Å²) in [6, 6.07) is 10.7. The maximum Gasteiger partial charge on any atom is 0.141 e. The Balaban J connectivity index is 1.80. The standard InChI is InChI=1S/C14H11N3S/c1-2-4-11-8-17(7-10(11)3-1)13-12-5-6-18-14(12)16-9-15-13/h1-6,9H,7-8H2. The molecule has 0 saturated heterocycles. The third-order valence-corrected chi connectivity index (χ3v) is 4.20. The van der Waals surface area contributed by atoms with Crippen LogP contribution in [0.1, 0.15) is 11.1 Å². The molecule has 3 heterocycles. The van der Waals surface area contributed by atoms with Gasteiger partial charge in [0.05, 0.1) is 5.39 Å². The molecule has 0 aliphatic carbocycles. The molecule has 0 spiro atoms. The van der Waals surface area contributed by atoms with Gasteiger partial charge in [-0.2, -0.15) is 0 Å². The maximum atomic E-state index is 4.47. The molecule has 0 fully saturated rings. The highest BCUT2D eigenvalue weighted by Gasteiger charge is 2.21. The lowest BCUT2D eigenvalue weighted by Crippen LogP contribution is -2.16. The van der Waals surface area contributed by atoms with E-state index in [9.17, 15) is 0 Å². The first kappa shape index (κ1) is 10.0. The minimum absolute atomic E-state index is 0.943. The van der Waals surface area contributed by atoms with Crippen LogP contribution in [0.4, 0.5) is 5.82 Å². The molecule has 0 unspecified atom stereocenters. The summed E-state index contributed by atoms with van der Waals surface area (Å²) < 4.78 is 0. The zero-order valence-electron chi connectivity index (χ0n) is 9.71. The van der Waals surface area contributed by atoms with Gasteiger partial charge in [0.2, 0.25) is 0 Å². The van der Waals surface area contributed by atoms with Crippen molar-refractivity contribution < 1.29 is 0 Å². The van der Waals surface area contributed by atoms with Gasteiger partial charge in [0.1, 0.15) is 17.0 Å². The third-order valence-electron chi connectivity index (χ3n) is 3.38. The van der Waals surface area contributed by atoms with Gasteiger partial charge >= 0.3 is 0 Å². The van der Waals surface area contributed by atoms with E-state index >= 15 is 0 Å². The fraction of sp³-hybridized carbons (Fsp3) is 0.143. The van der Waals surface area contributed by atoms with E-state index in [1.165, 1.54) is 11.1 Å². The summed E-state index contributed by atoms with van der Waals surface area (Å²) in [5.41, 5.74) is 2.80. The number of rotatable bonds is 1. The Morgan fingerprint density at radius 3 is 2.56 bits per heavy atom. The number of aromatic nitrogens is 2. The van der Waals surface area contributed by atoms with E-state index in [2.05, 4.69) is 50.6 Å². The molecule has 0 saturated carbocycles. The number of nitrogens with zero attached hydrogens (tertiary/aromatic N) is 3. The molecule has 1 aromatic carbocycles. The van der Waals surface area contributed by atoms with Crippen LogP contribution < -0.4 is 4.90 Å². The third kappa shape index (κ3) is 1.42. The predicted molar refractivity (Wildman–Crippen MR) is 73.7 cm³/mol. The zero-order valence-corrected chi connectivity index (χ0v) is 10.5. The monoisotopic (exact) mass is 253 g/mol. The minimum Gasteiger partial charge on any atom is -0.347 e. The first-order valence-electron chi connectivity index (χ1n) is 5.92. The molecular formula is C14H11N3S. The molecule has 18 heavy (non-hydrogen) atoms. The molecule has 3 aromatic rings. The van der Waals surface area contributed by atoms with Crippen molar-refractivity contribution in [2.45, 2.75) is 13.1 Å². The number of anilines is 1. The van der Waals surface area contributed by atoms with Crippen molar-refractivity contribution in [1.82, 2.24) is 9.97 Å². The van der Waals surface area contributed by atoms with E-state index in [0.717, 1.165) is 29.1 Å². The molecule has 0 radical (unpaired) electrons. The number of benzene rings is 1. The predicted octanol–water partition coefficient (Wildman–Crippen LogP) is 3.21. The highest BCUT2D eigenvalue weighted by molar-refractivity contribution is 7.16. The minimum atomic E-state index is 0.943. The molecule has 88 valence electrons. The van der Waals surface area contributed by atoms with Crippen LogP contribution in [0.15, 0.2) is 42.0 Å². The molecule has 1 aliphatic heterocycles. The Morgan fingerprint density at radius 1 is 1.00 bits per heavy atom. The molecule has 0 N–H and O–H groups in total. The van der Waals surface area contributed by atoms with Gasteiger partial charge in [-0.3, -0.25) is 0 Å². The molecule has 0 atom stereocenters. The molecular weight excluding hydrogens is 242 g/mol. The molecule has 4 heteroatoms. The molecule has 4 rings (SSSR count). The highest BCUT2D eigenvalue weighted by atomic mass is 32.1. The van der Waals surface area contributed by atoms with Crippen LogP contribution in [-0.4, -0.2) is 9.97 Å². The fourth-order valence-corrected chi connectivity index (χ4v) is 3.24. The van der Waals surface area contributed by atoms with Crippen LogP contribution >= 0.6 is 11.3 Å². The smallest absolute Gasteiger partial charge is 0.141 e. The fourth-order valence-electron chi connectivity index (χ4n) is 2.51. The Morgan fingerprint density at radius 2 is 1.78 bits per heavy atom. The SMILES string of the molecule is c1ccc2c(c1)CN(c1ncnc3sccc13)C2. The van der Waals surface area contributed by atoms with Crippen molar-refractivity contribution in [2.24, 2.45) is 0 Å². The summed E-state index contributed by atoms with van der Waals surface area (Å²) in [6.07, 6.45) is 1.66. The average Bonchev–Trinajstić information content (AvgIpc) is 3.04. The number of hydrogen-bond donors (Lipinski definition) is 0. The van der Waals surface area contributed by atoms with Crippen molar-refractivity contribution in [3.8, 4) is 0 Å². The molecule has 3 nitrogen and oxygen atoms in total. The lowest BCUT2D eigenvalue weighted by molar-refractivity contribution is 0.860. The largest absolute Gasteiger partial charge is 0.347 e. The van der Waals surface area contributed by atoms with E-state index < -0.39 is 0 Å². The molecule has 2 aromatic heterocycles. The van der Waals surface area contributed by atoms with Crippen molar-refractivity contribution in [3.05, 3.63) is 53.2 Å². The summed E-state index contributed by atoms with van der Waals surface area (Å²) in [6.45, 7) is 1.89. The van der Waals surface area contributed by atoms with Gasteiger partial charge in [-0.25, -0.2) is 9.97 Å². The average molecular weight is 253 g/mol. The second-order valence-corrected chi connectivity index (χ2v) is 5.36. The summed E-state index contributed by atoms with van der Waals surface area (Å²) in [4.78, 5) is 12.2. The van der Waals surface area contributed by atoms with E-state index in [1.807, 2.05) is 0 Å². The Kier molecular flexibility index (Phi) is 2.11. The van der Waals surface area contributed by atoms with Crippen molar-refractivity contribution in [2.75, 3.05) is 4.90 Å². The second kappa shape index (κ2) is 3.78. The summed E-state index contributed by atoms with van der Waals surface area (Å²) in [5, 5.41) is 3.24. The Labute approximate surface area is 109 Å². The number of hydrogen-bond acceptors (Lipinski definition) is 4. The highest BCUT2D eigenvalue weighted by Crippen LogP contribution is 2.32. The van der Waals surface area contributed by atoms with Crippen LogP contribution in [0.5, 0.6) is 0 Å². The topological polar surface area (TPSA) is 29.0 Å². The van der Waals surface area contributed by atoms with Gasteiger partial charge in [-0.05, 0) is 22.6 Å². The summed E-state index contributed by atoms with van der Waals surface area (Å²) in [7, 11) is 0. The van der Waals surface area contributed by atoms with Gasteiger partial charge in [-0.15, -0.1) is 11.3 Å². The van der Waals surface area contributed by atoms with E-state index in [0.29, 0.717) is 0 Å². The summed E-state index contributed by atoms with van der Waals surface area (Å²) in [5.74, 6) is 1.05. The van der Waals surface area contributed by atoms with Crippen molar-refractivity contribution >= 4 is 27.4 Å². The number of fused-ring (bicyclic) bond motifs is 2. The second-order valence-electron chi connectivity index (χ2n) is 4.46. The molecule has 1 aliphatic rings. The van der Waals surface area contributed by atoms with Gasteiger partial charge in [0, 0.05) is 13.1 Å². The van der Waals surface area contributed by atoms with Gasteiger partial charge in [0.25, 0.3) is 0 Å². The molecule has 0 amide bonds. The van der Waals surface area contributed by atoms with Gasteiger partial charge < -0.3 is 4.90 Å². The lowest BCUT2D eigenvalue weighted by atomic mass is 10.1. The normalized spacial score (nSPS) is 14.1. The van der Waals surface area contributed by atoms with Crippen LogP contribution in [0.25, 0.3) is 10.2 Å². The zero-order chi connectivity index (χ0) is 11.9. The van der Waals surface area contributed by atoms with Crippen molar-refractivity contribution in [3.63, 3.8) is 0 Å². The quantitative estimate of drug-likeness (QED) is 0.667. The maximum absolute atomic E-state index is 4.47. The van der Waals surface area contributed by atoms with Crippen LogP contribution in [0.3, 0.4) is 0 Å². The summed E-state index contributed by atoms with van der Waals surface area (Å²) >= 11 is 1.67.